The maximum atomic E-state index is 7.26. The van der Waals surface area contributed by atoms with Gasteiger partial charge in [-0.2, -0.15) is 0 Å². The molecule has 0 N–H and O–H groups in total. The second kappa shape index (κ2) is 1.94. The highest BCUT2D eigenvalue weighted by atomic mass is 28.1. The zero-order chi connectivity index (χ0) is 9.46. The Hall–Kier alpha value is -0.563. The standard InChI is InChI=1S/C6H5Si/c7-6-4-2-1-3-5-6/h1-5H/i1D,2D,3D,4D,5D. The maximum absolute atomic E-state index is 7.26. The number of benzene rings is 1. The summed E-state index contributed by atoms with van der Waals surface area (Å²) in [6.07, 6.45) is 0. The molecule has 0 aliphatic carbocycles. The Morgan fingerprint density at radius 2 is 1.86 bits per heavy atom. The number of hydrogen-bond acceptors (Lipinski definition) is 0. The van der Waals surface area contributed by atoms with Crippen molar-refractivity contribution in [3.8, 4) is 0 Å². The predicted molar refractivity (Wildman–Crippen MR) is 31.8 cm³/mol. The van der Waals surface area contributed by atoms with Crippen LogP contribution in [0.3, 0.4) is 0 Å². The molecule has 3 radical (unpaired) electrons. The first-order valence-electron chi connectivity index (χ1n) is 4.25. The molecule has 0 fully saturated rings. The van der Waals surface area contributed by atoms with Crippen molar-refractivity contribution in [3.63, 3.8) is 0 Å². The highest BCUT2D eigenvalue weighted by molar-refractivity contribution is 6.32. The van der Waals surface area contributed by atoms with Crippen molar-refractivity contribution in [2.45, 2.75) is 0 Å². The van der Waals surface area contributed by atoms with E-state index in [9.17, 15) is 0 Å². The molecule has 0 aliphatic rings. The average Bonchev–Trinajstić information content (AvgIpc) is 2.08. The monoisotopic (exact) mass is 110 g/mol. The molecule has 0 saturated carbocycles. The molecule has 1 rings (SSSR count). The first-order chi connectivity index (χ1) is 5.46. The largest absolute Gasteiger partial charge is 0.0711 e. The van der Waals surface area contributed by atoms with Gasteiger partial charge in [-0.1, -0.05) is 35.4 Å². The summed E-state index contributed by atoms with van der Waals surface area (Å²) in [6, 6.07) is -1.43. The smallest absolute Gasteiger partial charge is 0.0674 e. The molecule has 0 aromatic heterocycles. The van der Waals surface area contributed by atoms with Gasteiger partial charge in [0.25, 0.3) is 0 Å². The molecule has 1 heteroatoms. The quantitative estimate of drug-likeness (QED) is 0.426. The van der Waals surface area contributed by atoms with Gasteiger partial charge in [0.2, 0.25) is 0 Å². The van der Waals surface area contributed by atoms with Crippen molar-refractivity contribution in [2.75, 3.05) is 0 Å². The van der Waals surface area contributed by atoms with Crippen molar-refractivity contribution in [1.29, 1.82) is 0 Å². The zero-order valence-corrected chi connectivity index (χ0v) is 4.50. The molecule has 0 spiro atoms. The van der Waals surface area contributed by atoms with E-state index in [0.29, 0.717) is 0 Å². The SMILES string of the molecule is [2H]c1c([2H])c([2H])c([Si])c([2H])c1[2H]. The van der Waals surface area contributed by atoms with Crippen LogP contribution >= 0.6 is 0 Å². The second-order valence-electron chi connectivity index (χ2n) is 1.00. The fourth-order valence-electron chi connectivity index (χ4n) is 0.250. The van der Waals surface area contributed by atoms with Crippen LogP contribution in [0, 0.1) is 0 Å². The normalized spacial score (nSPS) is 18.7. The average molecular weight is 110 g/mol. The Bertz CT molecular complexity index is 230. The fraction of sp³-hybridized carbons (Fsp3) is 0. The minimum absolute atomic E-state index is 0.0981. The van der Waals surface area contributed by atoms with Gasteiger partial charge in [-0.05, 0) is 0 Å². The molecule has 0 bridgehead atoms. The third-order valence-corrected chi connectivity index (χ3v) is 0.750. The lowest BCUT2D eigenvalue weighted by Crippen LogP contribution is -1.97. The van der Waals surface area contributed by atoms with Gasteiger partial charge in [-0.3, -0.25) is 0 Å². The fourth-order valence-corrected chi connectivity index (χ4v) is 0.375. The van der Waals surface area contributed by atoms with Crippen LogP contribution in [0.2, 0.25) is 0 Å². The van der Waals surface area contributed by atoms with Gasteiger partial charge < -0.3 is 0 Å². The van der Waals surface area contributed by atoms with Crippen molar-refractivity contribution < 1.29 is 6.85 Å². The summed E-state index contributed by atoms with van der Waals surface area (Å²) in [6.45, 7) is 0. The first-order valence-corrected chi connectivity index (χ1v) is 2.25. The number of hydrogen-bond donors (Lipinski definition) is 0. The molecular formula is C6H5Si. The van der Waals surface area contributed by atoms with Crippen LogP contribution in [-0.4, -0.2) is 10.2 Å². The highest BCUT2D eigenvalue weighted by Gasteiger charge is 1.72. The van der Waals surface area contributed by atoms with Gasteiger partial charge in [-0.15, -0.1) is 0 Å². The highest BCUT2D eigenvalue weighted by Crippen LogP contribution is 1.76. The van der Waals surface area contributed by atoms with Crippen LogP contribution in [-0.2, 0) is 0 Å². The lowest BCUT2D eigenvalue weighted by atomic mass is 10.4. The Morgan fingerprint density at radius 1 is 1.29 bits per heavy atom. The minimum atomic E-state index is -0.369. The van der Waals surface area contributed by atoms with Crippen LogP contribution in [0.5, 0.6) is 0 Å². The van der Waals surface area contributed by atoms with E-state index >= 15 is 0 Å². The molecule has 1 aromatic carbocycles. The van der Waals surface area contributed by atoms with E-state index < -0.39 is 0 Å². The van der Waals surface area contributed by atoms with E-state index in [1.54, 1.807) is 0 Å². The predicted octanol–water partition coefficient (Wildman–Crippen LogP) is 0.480. The van der Waals surface area contributed by atoms with E-state index in [-0.39, 0.29) is 35.4 Å². The van der Waals surface area contributed by atoms with Crippen molar-refractivity contribution in [2.24, 2.45) is 0 Å². The van der Waals surface area contributed by atoms with Crippen molar-refractivity contribution in [1.82, 2.24) is 0 Å². The Kier molecular flexibility index (Phi) is 0.402. The lowest BCUT2D eigenvalue weighted by Gasteiger charge is -1.82. The third-order valence-electron chi connectivity index (χ3n) is 0.500. The lowest BCUT2D eigenvalue weighted by molar-refractivity contribution is 1.78. The summed E-state index contributed by atoms with van der Waals surface area (Å²) in [7, 11) is 2.97. The topological polar surface area (TPSA) is 0 Å². The summed E-state index contributed by atoms with van der Waals surface area (Å²) >= 11 is 0. The molecule has 33 valence electrons. The summed E-state index contributed by atoms with van der Waals surface area (Å²) in [4.78, 5) is 0. The van der Waals surface area contributed by atoms with Gasteiger partial charge in [0, 0.05) is 0 Å². The second-order valence-corrected chi connectivity index (χ2v) is 1.50. The first kappa shape index (κ1) is 1.45. The molecule has 1 aromatic rings. The maximum Gasteiger partial charge on any atom is 0.0711 e. The van der Waals surface area contributed by atoms with Gasteiger partial charge in [0.15, 0.2) is 0 Å². The van der Waals surface area contributed by atoms with E-state index in [1.807, 2.05) is 0 Å². The molecule has 0 aliphatic heterocycles. The summed E-state index contributed by atoms with van der Waals surface area (Å²) < 4.78 is 36.1. The van der Waals surface area contributed by atoms with Crippen molar-refractivity contribution >= 4 is 15.4 Å². The Balaban J connectivity index is 3.60. The number of rotatable bonds is 0. The van der Waals surface area contributed by atoms with E-state index in [4.69, 9.17) is 6.85 Å². The zero-order valence-electron chi connectivity index (χ0n) is 8.50. The van der Waals surface area contributed by atoms with Gasteiger partial charge in [0.1, 0.15) is 0 Å². The summed E-state index contributed by atoms with van der Waals surface area (Å²) in [5.41, 5.74) is 0. The van der Waals surface area contributed by atoms with Crippen LogP contribution in [0.4, 0.5) is 0 Å². The van der Waals surface area contributed by atoms with E-state index in [2.05, 4.69) is 10.2 Å². The summed E-state index contributed by atoms with van der Waals surface area (Å²) in [5.74, 6) is 0. The van der Waals surface area contributed by atoms with Crippen LogP contribution in [0.15, 0.2) is 30.2 Å². The molecule has 0 atom stereocenters. The van der Waals surface area contributed by atoms with E-state index in [1.165, 1.54) is 0 Å². The summed E-state index contributed by atoms with van der Waals surface area (Å²) in [5, 5.41) is 0.0981. The Labute approximate surface area is 53.6 Å². The molecule has 0 heterocycles. The third kappa shape index (κ3) is 1.16. The molecular weight excluding hydrogens is 100 g/mol. The van der Waals surface area contributed by atoms with E-state index in [0.717, 1.165) is 0 Å². The van der Waals surface area contributed by atoms with Crippen molar-refractivity contribution in [3.05, 3.63) is 30.2 Å². The van der Waals surface area contributed by atoms with Gasteiger partial charge >= 0.3 is 0 Å². The van der Waals surface area contributed by atoms with Gasteiger partial charge in [0.05, 0.1) is 17.1 Å². The molecule has 0 amide bonds. The van der Waals surface area contributed by atoms with Crippen LogP contribution in [0.1, 0.15) is 6.85 Å². The molecule has 0 unspecified atom stereocenters. The van der Waals surface area contributed by atoms with Crippen LogP contribution in [0.25, 0.3) is 0 Å². The van der Waals surface area contributed by atoms with Gasteiger partial charge in [-0.25, -0.2) is 0 Å². The minimum Gasteiger partial charge on any atom is -0.0674 e. The Morgan fingerprint density at radius 3 is 2.43 bits per heavy atom. The molecule has 0 saturated heterocycles. The van der Waals surface area contributed by atoms with Crippen LogP contribution < -0.4 is 5.19 Å². The molecule has 7 heavy (non-hydrogen) atoms. The molecule has 0 nitrogen and oxygen atoms in total.